The molecule has 0 aliphatic rings. The summed E-state index contributed by atoms with van der Waals surface area (Å²) in [5.41, 5.74) is 16.1. The molecule has 0 heterocycles. The zero-order valence-corrected chi connectivity index (χ0v) is 11.6. The Morgan fingerprint density at radius 2 is 0.938 bits per heavy atom. The summed E-state index contributed by atoms with van der Waals surface area (Å²) in [4.78, 5) is 0. The van der Waals surface area contributed by atoms with Crippen molar-refractivity contribution in [3.05, 3.63) is 0 Å². The van der Waals surface area contributed by atoms with Crippen molar-refractivity contribution in [1.29, 1.82) is 0 Å². The molecule has 0 saturated carbocycles. The Kier molecular flexibility index (Phi) is 13.7. The standard InChI is InChI=1S/C9H24AsN3O3/c11-4-1-7-14-10(15-8-2-5-12)16-9-3-6-13/h1-9,11-13H2. The van der Waals surface area contributed by atoms with Gasteiger partial charge in [-0.05, 0) is 0 Å². The topological polar surface area (TPSA) is 106 Å². The van der Waals surface area contributed by atoms with Gasteiger partial charge < -0.3 is 0 Å². The summed E-state index contributed by atoms with van der Waals surface area (Å²) in [7, 11) is 0. The predicted octanol–water partition coefficient (Wildman–Crippen LogP) is -0.932. The van der Waals surface area contributed by atoms with E-state index < -0.39 is 15.7 Å². The summed E-state index contributed by atoms with van der Waals surface area (Å²) >= 11 is -2.06. The average Bonchev–Trinajstić information content (AvgIpc) is 2.29. The van der Waals surface area contributed by atoms with E-state index in [4.69, 9.17) is 28.4 Å². The summed E-state index contributed by atoms with van der Waals surface area (Å²) < 4.78 is 16.5. The average molecular weight is 297 g/mol. The molecule has 0 aromatic heterocycles. The first-order valence-corrected chi connectivity index (χ1v) is 7.94. The second-order valence-electron chi connectivity index (χ2n) is 3.15. The van der Waals surface area contributed by atoms with Crippen LogP contribution in [0.5, 0.6) is 0 Å². The molecule has 0 fully saturated rings. The fourth-order valence-electron chi connectivity index (χ4n) is 0.779. The summed E-state index contributed by atoms with van der Waals surface area (Å²) in [6.07, 6.45) is 2.48. The van der Waals surface area contributed by atoms with E-state index in [-0.39, 0.29) is 0 Å². The van der Waals surface area contributed by atoms with Gasteiger partial charge in [-0.1, -0.05) is 0 Å². The van der Waals surface area contributed by atoms with Crippen LogP contribution in [-0.2, 0) is 11.2 Å². The van der Waals surface area contributed by atoms with Gasteiger partial charge in [0.15, 0.2) is 0 Å². The van der Waals surface area contributed by atoms with Crippen LogP contribution in [-0.4, -0.2) is 55.1 Å². The first-order valence-electron chi connectivity index (χ1n) is 5.64. The molecule has 0 rings (SSSR count). The fourth-order valence-corrected chi connectivity index (χ4v) is 3.00. The summed E-state index contributed by atoms with van der Waals surface area (Å²) in [5.74, 6) is 0. The van der Waals surface area contributed by atoms with Gasteiger partial charge in [-0.3, -0.25) is 0 Å². The first kappa shape index (κ1) is 16.3. The molecule has 6 nitrogen and oxygen atoms in total. The molecule has 98 valence electrons. The molecule has 0 aromatic carbocycles. The molecule has 0 unspecified atom stereocenters. The van der Waals surface area contributed by atoms with Gasteiger partial charge >= 0.3 is 103 Å². The van der Waals surface area contributed by atoms with Crippen LogP contribution >= 0.6 is 0 Å². The van der Waals surface area contributed by atoms with Crippen LogP contribution in [0.3, 0.4) is 0 Å². The molecule has 0 aliphatic heterocycles. The van der Waals surface area contributed by atoms with Crippen molar-refractivity contribution in [1.82, 2.24) is 0 Å². The van der Waals surface area contributed by atoms with Crippen LogP contribution in [0.4, 0.5) is 0 Å². The maximum atomic E-state index is 5.52. The number of rotatable bonds is 12. The van der Waals surface area contributed by atoms with E-state index in [9.17, 15) is 0 Å². The third-order valence-electron chi connectivity index (χ3n) is 1.64. The van der Waals surface area contributed by atoms with Crippen LogP contribution in [0.15, 0.2) is 0 Å². The number of hydrogen-bond acceptors (Lipinski definition) is 6. The Morgan fingerprint density at radius 1 is 0.625 bits per heavy atom. The maximum absolute atomic E-state index is 5.52. The van der Waals surface area contributed by atoms with Crippen LogP contribution in [0.25, 0.3) is 0 Å². The molecule has 0 aliphatic carbocycles. The van der Waals surface area contributed by atoms with Gasteiger partial charge in [0.05, 0.1) is 0 Å². The molecular formula is C9H24AsN3O3. The van der Waals surface area contributed by atoms with E-state index in [1.165, 1.54) is 0 Å². The molecule has 7 heteroatoms. The van der Waals surface area contributed by atoms with Gasteiger partial charge in [-0.15, -0.1) is 0 Å². The number of nitrogens with two attached hydrogens (primary N) is 3. The third-order valence-corrected chi connectivity index (χ3v) is 4.11. The summed E-state index contributed by atoms with van der Waals surface area (Å²) in [6, 6.07) is 0. The molecule has 16 heavy (non-hydrogen) atoms. The molecule has 0 amide bonds. The van der Waals surface area contributed by atoms with E-state index in [2.05, 4.69) is 0 Å². The molecule has 0 saturated heterocycles. The molecular weight excluding hydrogens is 273 g/mol. The van der Waals surface area contributed by atoms with Crippen molar-refractivity contribution >= 4 is 15.7 Å². The Bertz CT molecular complexity index is 119. The Morgan fingerprint density at radius 3 is 1.19 bits per heavy atom. The Hall–Kier alpha value is 0.318. The van der Waals surface area contributed by atoms with Gasteiger partial charge in [-0.25, -0.2) is 0 Å². The van der Waals surface area contributed by atoms with Gasteiger partial charge in [0.2, 0.25) is 0 Å². The SMILES string of the molecule is NCCCO[As](OCCCN)OCCCN. The van der Waals surface area contributed by atoms with Crippen molar-refractivity contribution in [3.63, 3.8) is 0 Å². The zero-order chi connectivity index (χ0) is 12.1. The normalized spacial score (nSPS) is 11.2. The molecule has 6 N–H and O–H groups in total. The molecule has 0 aromatic rings. The minimum atomic E-state index is -2.06. The van der Waals surface area contributed by atoms with Crippen molar-refractivity contribution < 1.29 is 11.2 Å². The van der Waals surface area contributed by atoms with Gasteiger partial charge in [-0.2, -0.15) is 0 Å². The van der Waals surface area contributed by atoms with Gasteiger partial charge in [0.25, 0.3) is 0 Å². The van der Waals surface area contributed by atoms with E-state index in [1.807, 2.05) is 0 Å². The molecule has 0 bridgehead atoms. The Labute approximate surface area is 103 Å². The number of hydrogen-bond donors (Lipinski definition) is 3. The van der Waals surface area contributed by atoms with Crippen LogP contribution in [0, 0.1) is 0 Å². The Balaban J connectivity index is 3.58. The molecule has 0 spiro atoms. The van der Waals surface area contributed by atoms with Crippen molar-refractivity contribution in [3.8, 4) is 0 Å². The second kappa shape index (κ2) is 13.4. The zero-order valence-electron chi connectivity index (χ0n) is 9.77. The predicted molar refractivity (Wildman–Crippen MR) is 64.6 cm³/mol. The third kappa shape index (κ3) is 10.8. The summed E-state index contributed by atoms with van der Waals surface area (Å²) in [6.45, 7) is 3.65. The van der Waals surface area contributed by atoms with Crippen LogP contribution in [0.2, 0.25) is 0 Å². The van der Waals surface area contributed by atoms with Crippen LogP contribution in [0.1, 0.15) is 19.3 Å². The molecule has 0 atom stereocenters. The van der Waals surface area contributed by atoms with E-state index in [0.29, 0.717) is 39.5 Å². The van der Waals surface area contributed by atoms with Gasteiger partial charge in [0, 0.05) is 0 Å². The second-order valence-corrected chi connectivity index (χ2v) is 5.71. The van der Waals surface area contributed by atoms with E-state index in [1.54, 1.807) is 0 Å². The van der Waals surface area contributed by atoms with E-state index >= 15 is 0 Å². The van der Waals surface area contributed by atoms with E-state index in [0.717, 1.165) is 19.3 Å². The first-order chi connectivity index (χ1) is 7.85. The molecule has 0 radical (unpaired) electrons. The van der Waals surface area contributed by atoms with Crippen LogP contribution < -0.4 is 17.2 Å². The fraction of sp³-hybridized carbons (Fsp3) is 1.00. The van der Waals surface area contributed by atoms with Crippen molar-refractivity contribution in [2.75, 3.05) is 39.5 Å². The van der Waals surface area contributed by atoms with Crippen molar-refractivity contribution in [2.24, 2.45) is 17.2 Å². The van der Waals surface area contributed by atoms with Crippen molar-refractivity contribution in [2.45, 2.75) is 19.3 Å². The summed E-state index contributed by atoms with van der Waals surface area (Å²) in [5, 5.41) is 0. The quantitative estimate of drug-likeness (QED) is 0.317. The monoisotopic (exact) mass is 297 g/mol. The minimum absolute atomic E-state index is 0.599. The van der Waals surface area contributed by atoms with Gasteiger partial charge in [0.1, 0.15) is 0 Å².